The monoisotopic (exact) mass is 228 g/mol. The molecule has 0 aliphatic carbocycles. The molecule has 0 unspecified atom stereocenters. The van der Waals surface area contributed by atoms with Crippen LogP contribution in [0.2, 0.25) is 0 Å². The minimum Gasteiger partial charge on any atom is -0.507 e. The Morgan fingerprint density at radius 1 is 1.41 bits per heavy atom. The summed E-state index contributed by atoms with van der Waals surface area (Å²) in [4.78, 5) is 11.2. The molecule has 1 N–H and O–H groups in total. The third kappa shape index (κ3) is 2.13. The van der Waals surface area contributed by atoms with Crippen LogP contribution in [0.3, 0.4) is 0 Å². The predicted octanol–water partition coefficient (Wildman–Crippen LogP) is 2.95. The van der Waals surface area contributed by atoms with Gasteiger partial charge in [0.05, 0.1) is 5.39 Å². The van der Waals surface area contributed by atoms with E-state index in [4.69, 9.17) is 4.74 Å². The number of aromatic hydroxyl groups is 1. The van der Waals surface area contributed by atoms with Gasteiger partial charge in [-0.3, -0.25) is 0 Å². The fourth-order valence-corrected chi connectivity index (χ4v) is 1.75. The summed E-state index contributed by atoms with van der Waals surface area (Å²) in [5, 5.41) is 11.3. The number of carbonyl (C=O) groups excluding carboxylic acids is 1. The average molecular weight is 228 g/mol. The summed E-state index contributed by atoms with van der Waals surface area (Å²) in [6.45, 7) is 5.23. The molecule has 0 atom stereocenters. The zero-order valence-electron chi connectivity index (χ0n) is 9.43. The third-order valence-electron chi connectivity index (χ3n) is 2.44. The molecule has 0 amide bonds. The number of hydrogen-bond donors (Lipinski definition) is 1. The first kappa shape index (κ1) is 11.2. The molecule has 2 aromatic rings. The van der Waals surface area contributed by atoms with E-state index in [0.717, 1.165) is 17.0 Å². The molecule has 0 saturated heterocycles. The van der Waals surface area contributed by atoms with Gasteiger partial charge in [0.15, 0.2) is 0 Å². The molecule has 86 valence electrons. The molecule has 0 saturated carbocycles. The van der Waals surface area contributed by atoms with Gasteiger partial charge in [0.1, 0.15) is 11.5 Å². The van der Waals surface area contributed by atoms with Crippen LogP contribution >= 0.6 is 0 Å². The highest BCUT2D eigenvalue weighted by atomic mass is 16.5. The van der Waals surface area contributed by atoms with Crippen LogP contribution in [0.5, 0.6) is 11.5 Å². The first-order valence-electron chi connectivity index (χ1n) is 5.18. The van der Waals surface area contributed by atoms with E-state index in [9.17, 15) is 9.90 Å². The number of hydrogen-bond acceptors (Lipinski definition) is 3. The van der Waals surface area contributed by atoms with Crippen molar-refractivity contribution in [3.8, 4) is 11.5 Å². The molecule has 0 heterocycles. The lowest BCUT2D eigenvalue weighted by molar-refractivity contribution is -0.128. The second kappa shape index (κ2) is 4.29. The van der Waals surface area contributed by atoms with Crippen molar-refractivity contribution >= 4 is 16.7 Å². The van der Waals surface area contributed by atoms with Crippen molar-refractivity contribution in [1.82, 2.24) is 0 Å². The van der Waals surface area contributed by atoms with Crippen molar-refractivity contribution in [2.75, 3.05) is 0 Å². The Bertz CT molecular complexity index is 600. The molecule has 0 aliphatic heterocycles. The van der Waals surface area contributed by atoms with Gasteiger partial charge in [0, 0.05) is 6.08 Å². The molecule has 0 fully saturated rings. The highest BCUT2D eigenvalue weighted by Gasteiger charge is 2.09. The SMILES string of the molecule is C=CC(=O)Oc1cccc2cc(C)cc(O)c12. The molecular formula is C14H12O3. The quantitative estimate of drug-likeness (QED) is 0.488. The summed E-state index contributed by atoms with van der Waals surface area (Å²) in [5.41, 5.74) is 0.946. The zero-order valence-corrected chi connectivity index (χ0v) is 9.43. The molecule has 17 heavy (non-hydrogen) atoms. The highest BCUT2D eigenvalue weighted by molar-refractivity contribution is 5.96. The number of aryl methyl sites for hydroxylation is 1. The molecule has 0 spiro atoms. The smallest absolute Gasteiger partial charge is 0.335 e. The zero-order chi connectivity index (χ0) is 12.4. The summed E-state index contributed by atoms with van der Waals surface area (Å²) >= 11 is 0. The van der Waals surface area contributed by atoms with Crippen LogP contribution in [-0.4, -0.2) is 11.1 Å². The first-order chi connectivity index (χ1) is 8.11. The van der Waals surface area contributed by atoms with Gasteiger partial charge in [0.25, 0.3) is 0 Å². The minimum atomic E-state index is -0.544. The third-order valence-corrected chi connectivity index (χ3v) is 2.44. The van der Waals surface area contributed by atoms with E-state index < -0.39 is 5.97 Å². The summed E-state index contributed by atoms with van der Waals surface area (Å²) in [6.07, 6.45) is 1.09. The summed E-state index contributed by atoms with van der Waals surface area (Å²) < 4.78 is 5.08. The lowest BCUT2D eigenvalue weighted by Crippen LogP contribution is -2.03. The molecule has 2 rings (SSSR count). The van der Waals surface area contributed by atoms with Crippen LogP contribution in [0.1, 0.15) is 5.56 Å². The topological polar surface area (TPSA) is 46.5 Å². The van der Waals surface area contributed by atoms with Gasteiger partial charge in [-0.15, -0.1) is 0 Å². The van der Waals surface area contributed by atoms with Gasteiger partial charge in [-0.05, 0) is 30.0 Å². The Morgan fingerprint density at radius 2 is 2.18 bits per heavy atom. The molecule has 0 aliphatic rings. The van der Waals surface area contributed by atoms with Crippen LogP contribution in [0, 0.1) is 6.92 Å². The minimum absolute atomic E-state index is 0.104. The van der Waals surface area contributed by atoms with Crippen molar-refractivity contribution in [2.24, 2.45) is 0 Å². The van der Waals surface area contributed by atoms with Gasteiger partial charge < -0.3 is 9.84 Å². The summed E-state index contributed by atoms with van der Waals surface area (Å²) in [5.74, 6) is -0.102. The molecule has 0 bridgehead atoms. The largest absolute Gasteiger partial charge is 0.507 e. The van der Waals surface area contributed by atoms with E-state index >= 15 is 0 Å². The van der Waals surface area contributed by atoms with Crippen LogP contribution < -0.4 is 4.74 Å². The van der Waals surface area contributed by atoms with Crippen molar-refractivity contribution in [3.05, 3.63) is 48.6 Å². The maximum absolute atomic E-state index is 11.2. The van der Waals surface area contributed by atoms with Gasteiger partial charge >= 0.3 is 5.97 Å². The number of carbonyl (C=O) groups is 1. The van der Waals surface area contributed by atoms with Crippen LogP contribution in [0.15, 0.2) is 43.0 Å². The van der Waals surface area contributed by atoms with E-state index in [0.29, 0.717) is 11.1 Å². The average Bonchev–Trinajstić information content (AvgIpc) is 2.28. The number of fused-ring (bicyclic) bond motifs is 1. The lowest BCUT2D eigenvalue weighted by atomic mass is 10.1. The Kier molecular flexibility index (Phi) is 2.83. The maximum Gasteiger partial charge on any atom is 0.335 e. The van der Waals surface area contributed by atoms with Crippen LogP contribution in [0.25, 0.3) is 10.8 Å². The second-order valence-corrected chi connectivity index (χ2v) is 3.76. The number of phenols is 1. The predicted molar refractivity (Wildman–Crippen MR) is 66.2 cm³/mol. The van der Waals surface area contributed by atoms with E-state index in [1.807, 2.05) is 19.1 Å². The molecule has 3 heteroatoms. The van der Waals surface area contributed by atoms with Crippen molar-refractivity contribution in [3.63, 3.8) is 0 Å². The Morgan fingerprint density at radius 3 is 2.88 bits per heavy atom. The number of benzene rings is 2. The van der Waals surface area contributed by atoms with Crippen LogP contribution in [-0.2, 0) is 4.79 Å². The Balaban J connectivity index is 2.64. The molecule has 3 nitrogen and oxygen atoms in total. The van der Waals surface area contributed by atoms with E-state index in [-0.39, 0.29) is 5.75 Å². The Hall–Kier alpha value is -2.29. The Labute approximate surface area is 99.0 Å². The van der Waals surface area contributed by atoms with Crippen molar-refractivity contribution < 1.29 is 14.6 Å². The fraction of sp³-hybridized carbons (Fsp3) is 0.0714. The molecule has 0 radical (unpaired) electrons. The fourth-order valence-electron chi connectivity index (χ4n) is 1.75. The standard InChI is InChI=1S/C14H12O3/c1-3-13(16)17-12-6-4-5-10-7-9(2)8-11(15)14(10)12/h3-8,15H,1H2,2H3. The number of esters is 1. The maximum atomic E-state index is 11.2. The van der Waals surface area contributed by atoms with Gasteiger partial charge in [-0.25, -0.2) is 4.79 Å². The van der Waals surface area contributed by atoms with E-state index in [1.165, 1.54) is 0 Å². The molecular weight excluding hydrogens is 216 g/mol. The van der Waals surface area contributed by atoms with E-state index in [1.54, 1.807) is 18.2 Å². The normalized spacial score (nSPS) is 10.2. The molecule has 2 aromatic carbocycles. The summed E-state index contributed by atoms with van der Waals surface area (Å²) in [6, 6.07) is 8.81. The number of phenolic OH excluding ortho intramolecular Hbond substituents is 1. The number of rotatable bonds is 2. The highest BCUT2D eigenvalue weighted by Crippen LogP contribution is 2.34. The van der Waals surface area contributed by atoms with Crippen molar-refractivity contribution in [2.45, 2.75) is 6.92 Å². The van der Waals surface area contributed by atoms with Crippen molar-refractivity contribution in [1.29, 1.82) is 0 Å². The molecule has 0 aromatic heterocycles. The second-order valence-electron chi connectivity index (χ2n) is 3.76. The van der Waals surface area contributed by atoms with E-state index in [2.05, 4.69) is 6.58 Å². The van der Waals surface area contributed by atoms with Gasteiger partial charge in [-0.1, -0.05) is 24.8 Å². The van der Waals surface area contributed by atoms with Crippen LogP contribution in [0.4, 0.5) is 0 Å². The number of ether oxygens (including phenoxy) is 1. The van der Waals surface area contributed by atoms with Gasteiger partial charge in [-0.2, -0.15) is 0 Å². The first-order valence-corrected chi connectivity index (χ1v) is 5.18. The van der Waals surface area contributed by atoms with Gasteiger partial charge in [0.2, 0.25) is 0 Å². The summed E-state index contributed by atoms with van der Waals surface area (Å²) in [7, 11) is 0. The lowest BCUT2D eigenvalue weighted by Gasteiger charge is -2.08.